The minimum absolute atomic E-state index is 0.0832. The summed E-state index contributed by atoms with van der Waals surface area (Å²) in [5, 5.41) is 5.74. The first kappa shape index (κ1) is 18.0. The number of halogens is 1. The van der Waals surface area contributed by atoms with E-state index in [-0.39, 0.29) is 6.54 Å². The van der Waals surface area contributed by atoms with Crippen molar-refractivity contribution in [2.75, 3.05) is 26.7 Å². The average molecular weight is 275 g/mol. The van der Waals surface area contributed by atoms with Crippen molar-refractivity contribution in [3.8, 4) is 0 Å². The summed E-state index contributed by atoms with van der Waals surface area (Å²) in [7, 11) is 1.31. The Kier molecular flexibility index (Phi) is 9.38. The van der Waals surface area contributed by atoms with Crippen LogP contribution in [0.15, 0.2) is 12.2 Å². The lowest BCUT2D eigenvalue weighted by Crippen LogP contribution is -2.59. The second kappa shape index (κ2) is 9.89. The maximum atomic E-state index is 14.5. The number of nitrogens with two attached hydrogens (primary N) is 1. The number of unbranched alkanes of at least 4 members (excludes halogenated alkanes) is 1. The molecule has 0 rings (SSSR count). The molecule has 0 bridgehead atoms. The summed E-state index contributed by atoms with van der Waals surface area (Å²) in [5.74, 6) is -2.07. The highest BCUT2D eigenvalue weighted by molar-refractivity contribution is 5.81. The van der Waals surface area contributed by atoms with E-state index in [0.717, 1.165) is 12.8 Å². The molecule has 19 heavy (non-hydrogen) atoms. The van der Waals surface area contributed by atoms with Gasteiger partial charge in [-0.15, -0.1) is 0 Å². The van der Waals surface area contributed by atoms with Crippen molar-refractivity contribution in [3.05, 3.63) is 12.2 Å². The van der Waals surface area contributed by atoms with Crippen molar-refractivity contribution >= 4 is 5.97 Å². The highest BCUT2D eigenvalue weighted by Gasteiger charge is 2.32. The molecule has 0 amide bonds. The van der Waals surface area contributed by atoms with Crippen LogP contribution in [-0.4, -0.2) is 44.5 Å². The van der Waals surface area contributed by atoms with Gasteiger partial charge in [-0.1, -0.05) is 19.4 Å². The second-order valence-electron chi connectivity index (χ2n) is 4.49. The van der Waals surface area contributed by atoms with E-state index in [1.165, 1.54) is 13.2 Å². The molecule has 0 aromatic heterocycles. The topological polar surface area (TPSA) is 76.4 Å². The van der Waals surface area contributed by atoms with Gasteiger partial charge in [-0.05, 0) is 19.9 Å². The van der Waals surface area contributed by atoms with Gasteiger partial charge in [0.15, 0.2) is 5.79 Å². The summed E-state index contributed by atoms with van der Waals surface area (Å²) in [5.41, 5.74) is 5.67. The first-order valence-corrected chi connectivity index (χ1v) is 6.61. The zero-order valence-electron chi connectivity index (χ0n) is 12.0. The van der Waals surface area contributed by atoms with Gasteiger partial charge in [0.2, 0.25) is 0 Å². The number of nitrogens with one attached hydrogen (secondary N) is 2. The first-order chi connectivity index (χ1) is 8.96. The minimum atomic E-state index is -1.64. The van der Waals surface area contributed by atoms with E-state index in [2.05, 4.69) is 15.4 Å². The lowest BCUT2D eigenvalue weighted by atomic mass is 10.1. The molecule has 112 valence electrons. The van der Waals surface area contributed by atoms with Gasteiger partial charge < -0.3 is 15.8 Å². The van der Waals surface area contributed by atoms with Crippen LogP contribution in [0.3, 0.4) is 0 Å². The fourth-order valence-corrected chi connectivity index (χ4v) is 1.42. The zero-order chi connectivity index (χ0) is 14.7. The van der Waals surface area contributed by atoms with Crippen molar-refractivity contribution in [2.45, 2.75) is 38.5 Å². The quantitative estimate of drug-likeness (QED) is 0.237. The molecule has 5 nitrogen and oxygen atoms in total. The Labute approximate surface area is 114 Å². The Morgan fingerprint density at radius 1 is 1.58 bits per heavy atom. The molecular formula is C13H26FN3O2. The third-order valence-corrected chi connectivity index (χ3v) is 2.77. The molecule has 0 radical (unpaired) electrons. The molecular weight excluding hydrogens is 249 g/mol. The van der Waals surface area contributed by atoms with Crippen LogP contribution >= 0.6 is 0 Å². The van der Waals surface area contributed by atoms with Gasteiger partial charge in [-0.25, -0.2) is 9.18 Å². The predicted molar refractivity (Wildman–Crippen MR) is 74.4 cm³/mol. The van der Waals surface area contributed by atoms with Crippen molar-refractivity contribution in [1.29, 1.82) is 0 Å². The summed E-state index contributed by atoms with van der Waals surface area (Å²) in [6.45, 7) is 4.73. The molecule has 4 N–H and O–H groups in total. The van der Waals surface area contributed by atoms with Crippen molar-refractivity contribution in [1.82, 2.24) is 10.6 Å². The van der Waals surface area contributed by atoms with E-state index < -0.39 is 17.8 Å². The van der Waals surface area contributed by atoms with Gasteiger partial charge in [-0.2, -0.15) is 0 Å². The number of ether oxygens (including phenoxy) is 1. The van der Waals surface area contributed by atoms with Crippen molar-refractivity contribution in [2.24, 2.45) is 5.73 Å². The van der Waals surface area contributed by atoms with Crippen LogP contribution in [0.1, 0.15) is 26.7 Å². The Morgan fingerprint density at radius 3 is 2.79 bits per heavy atom. The number of esters is 1. The molecule has 0 aliphatic carbocycles. The molecule has 0 saturated carbocycles. The Balaban J connectivity index is 4.06. The van der Waals surface area contributed by atoms with Crippen LogP contribution in [0, 0.1) is 0 Å². The number of hydrogen-bond acceptors (Lipinski definition) is 5. The monoisotopic (exact) mass is 275 g/mol. The summed E-state index contributed by atoms with van der Waals surface area (Å²) >= 11 is 0. The number of rotatable bonds is 10. The van der Waals surface area contributed by atoms with Gasteiger partial charge in [0.1, 0.15) is 0 Å². The molecule has 1 unspecified atom stereocenters. The summed E-state index contributed by atoms with van der Waals surface area (Å²) in [6.07, 6.45) is 4.78. The third-order valence-electron chi connectivity index (χ3n) is 2.77. The average Bonchev–Trinajstić information content (AvgIpc) is 2.38. The third kappa shape index (κ3) is 7.92. The fraction of sp³-hybridized carbons (Fsp3) is 0.769. The summed E-state index contributed by atoms with van der Waals surface area (Å²) in [6, 6.07) is -0.624. The number of hydrogen-bond donors (Lipinski definition) is 3. The molecule has 0 aromatic carbocycles. The van der Waals surface area contributed by atoms with Crippen LogP contribution in [0.5, 0.6) is 0 Å². The number of carbonyl (C=O) groups excluding carboxylic acids is 1. The molecule has 0 aliphatic heterocycles. The van der Waals surface area contributed by atoms with Gasteiger partial charge in [0, 0.05) is 19.2 Å². The van der Waals surface area contributed by atoms with Crippen LogP contribution in [0.25, 0.3) is 0 Å². The SMILES string of the molecule is CCCCNC(F)(CNC/C=C/C(=O)OC)[C@@H](C)N. The molecule has 0 spiro atoms. The van der Waals surface area contributed by atoms with Gasteiger partial charge in [0.25, 0.3) is 0 Å². The van der Waals surface area contributed by atoms with Crippen molar-refractivity contribution in [3.63, 3.8) is 0 Å². The molecule has 0 aliphatic rings. The molecule has 0 aromatic rings. The summed E-state index contributed by atoms with van der Waals surface area (Å²) < 4.78 is 18.9. The smallest absolute Gasteiger partial charge is 0.330 e. The molecule has 6 heteroatoms. The maximum Gasteiger partial charge on any atom is 0.330 e. The maximum absolute atomic E-state index is 14.5. The number of alkyl halides is 1. The van der Waals surface area contributed by atoms with E-state index >= 15 is 0 Å². The lowest BCUT2D eigenvalue weighted by molar-refractivity contribution is -0.134. The lowest BCUT2D eigenvalue weighted by Gasteiger charge is -2.30. The van der Waals surface area contributed by atoms with E-state index in [1.54, 1.807) is 13.0 Å². The molecule has 2 atom stereocenters. The van der Waals surface area contributed by atoms with E-state index in [9.17, 15) is 9.18 Å². The first-order valence-electron chi connectivity index (χ1n) is 6.61. The van der Waals surface area contributed by atoms with Gasteiger partial charge in [0.05, 0.1) is 13.2 Å². The number of carbonyl (C=O) groups is 1. The molecule has 0 fully saturated rings. The predicted octanol–water partition coefficient (Wildman–Crippen LogP) is 0.708. The van der Waals surface area contributed by atoms with Crippen LogP contribution in [0.2, 0.25) is 0 Å². The largest absolute Gasteiger partial charge is 0.466 e. The molecule has 0 saturated heterocycles. The van der Waals surface area contributed by atoms with Crippen LogP contribution in [0.4, 0.5) is 4.39 Å². The van der Waals surface area contributed by atoms with Crippen LogP contribution in [-0.2, 0) is 9.53 Å². The Bertz CT molecular complexity index is 285. The minimum Gasteiger partial charge on any atom is -0.466 e. The van der Waals surface area contributed by atoms with Gasteiger partial charge >= 0.3 is 5.97 Å². The highest BCUT2D eigenvalue weighted by atomic mass is 19.1. The number of methoxy groups -OCH3 is 1. The zero-order valence-corrected chi connectivity index (χ0v) is 12.0. The van der Waals surface area contributed by atoms with Crippen LogP contribution < -0.4 is 16.4 Å². The normalized spacial score (nSPS) is 16.3. The summed E-state index contributed by atoms with van der Waals surface area (Å²) in [4.78, 5) is 10.8. The fourth-order valence-electron chi connectivity index (χ4n) is 1.42. The highest BCUT2D eigenvalue weighted by Crippen LogP contribution is 2.10. The Morgan fingerprint density at radius 2 is 2.26 bits per heavy atom. The second-order valence-corrected chi connectivity index (χ2v) is 4.49. The van der Waals surface area contributed by atoms with Gasteiger partial charge in [-0.3, -0.25) is 5.32 Å². The molecule has 0 heterocycles. The standard InChI is InChI=1S/C13H26FN3O2/c1-4-5-9-17-13(14,11(2)15)10-16-8-6-7-12(18)19-3/h6-7,11,16-17H,4-5,8-10,15H2,1-3H3/b7-6+/t11-,13?/m1/s1. The van der Waals surface area contributed by atoms with E-state index in [4.69, 9.17) is 5.73 Å². The van der Waals surface area contributed by atoms with E-state index in [1.807, 2.05) is 6.92 Å². The Hall–Kier alpha value is -0.980. The van der Waals surface area contributed by atoms with E-state index in [0.29, 0.717) is 13.1 Å². The van der Waals surface area contributed by atoms with Crippen molar-refractivity contribution < 1.29 is 13.9 Å².